The van der Waals surface area contributed by atoms with Gasteiger partial charge in [-0.15, -0.1) is 11.3 Å². The summed E-state index contributed by atoms with van der Waals surface area (Å²) in [5.41, 5.74) is 25.6. The van der Waals surface area contributed by atoms with E-state index in [1.165, 1.54) is 143 Å². The number of hydrogen-bond donors (Lipinski definition) is 0. The van der Waals surface area contributed by atoms with Gasteiger partial charge >= 0.3 is 0 Å². The van der Waals surface area contributed by atoms with E-state index in [1.54, 1.807) is 0 Å². The zero-order valence-corrected chi connectivity index (χ0v) is 49.3. The molecular weight excluding hydrogens is 1020 g/mol. The fraction of sp³-hybridized carbons (Fsp3) is 0.154. The van der Waals surface area contributed by atoms with Crippen molar-refractivity contribution in [3.8, 4) is 39.1 Å². The van der Waals surface area contributed by atoms with Crippen molar-refractivity contribution in [2.75, 3.05) is 9.80 Å². The van der Waals surface area contributed by atoms with Crippen molar-refractivity contribution >= 4 is 111 Å². The van der Waals surface area contributed by atoms with E-state index in [2.05, 4.69) is 299 Å². The normalized spacial score (nSPS) is 13.1. The van der Waals surface area contributed by atoms with Crippen LogP contribution in [-0.4, -0.2) is 11.3 Å². The van der Waals surface area contributed by atoms with Gasteiger partial charge in [0.2, 0.25) is 0 Å². The third-order valence-electron chi connectivity index (χ3n) is 17.9. The average Bonchev–Trinajstić information content (AvgIpc) is 1.15. The number of hydrogen-bond acceptors (Lipinski definition) is 3. The summed E-state index contributed by atoms with van der Waals surface area (Å²) < 4.78 is 5.16. The van der Waals surface area contributed by atoms with Crippen LogP contribution in [0.3, 0.4) is 0 Å². The average molecular weight is 1090 g/mol. The molecule has 83 heavy (non-hydrogen) atoms. The fourth-order valence-electron chi connectivity index (χ4n) is 13.7. The summed E-state index contributed by atoms with van der Waals surface area (Å²) >= 11 is 1.95. The van der Waals surface area contributed by atoms with E-state index in [4.69, 9.17) is 0 Å². The van der Waals surface area contributed by atoms with Crippen molar-refractivity contribution in [3.63, 3.8) is 0 Å². The van der Waals surface area contributed by atoms with Crippen LogP contribution < -0.4 is 26.2 Å². The predicted octanol–water partition coefficient (Wildman–Crippen LogP) is 20.2. The highest BCUT2D eigenvalue weighted by Gasteiger charge is 2.46. The second kappa shape index (κ2) is 19.6. The summed E-state index contributed by atoms with van der Waals surface area (Å²) in [6, 6.07) is 90.2. The molecular formula is C78H66BN3S. The van der Waals surface area contributed by atoms with Crippen LogP contribution in [0.25, 0.3) is 81.0 Å². The number of rotatable bonds is 9. The third-order valence-corrected chi connectivity index (χ3v) is 19.1. The van der Waals surface area contributed by atoms with Crippen molar-refractivity contribution < 1.29 is 0 Å². The van der Waals surface area contributed by atoms with Crippen molar-refractivity contribution in [2.24, 2.45) is 0 Å². The van der Waals surface area contributed by atoms with Gasteiger partial charge in [-0.05, 0) is 140 Å². The first-order valence-electron chi connectivity index (χ1n) is 29.8. The van der Waals surface area contributed by atoms with E-state index in [9.17, 15) is 0 Å². The molecule has 11 aromatic carbocycles. The highest BCUT2D eigenvalue weighted by molar-refractivity contribution is 7.26. The molecule has 2 aliphatic rings. The minimum atomic E-state index is -0.226. The maximum absolute atomic E-state index is 2.74. The number of anilines is 6. The van der Waals surface area contributed by atoms with Gasteiger partial charge in [0.05, 0.1) is 27.1 Å². The van der Waals surface area contributed by atoms with Gasteiger partial charge in [-0.25, -0.2) is 0 Å². The number of thiophene rings is 1. The van der Waals surface area contributed by atoms with E-state index < -0.39 is 0 Å². The van der Waals surface area contributed by atoms with Gasteiger partial charge in [-0.1, -0.05) is 231 Å². The molecule has 0 N–H and O–H groups in total. The van der Waals surface area contributed by atoms with Crippen LogP contribution in [0.2, 0.25) is 0 Å². The zero-order chi connectivity index (χ0) is 56.3. The lowest BCUT2D eigenvalue weighted by Crippen LogP contribution is -2.61. The standard InChI is InChI=1S/C78H66BN3S/c1-8-9-25-53-38-41-61-60-34-21-24-37-72(60)83-76(61)74(53)81-68-43-39-54(50-26-13-10-14-27-50)44-65(68)79-64-42-40-57(80-66-35-22-19-32-58(66)59-33-20-23-36-67(59)80)49-69(64)82(71-48-56(78(5,6)7)47-70(81)73(71)79)75-62(51-28-15-11-16-29-51)45-55(77(2,3)4)46-63(75)52-30-17-12-18-31-52/h10-24,26-49H,8-9,25H2,1-7H3. The Kier molecular flexibility index (Phi) is 12.1. The SMILES string of the molecule is CCCCc1ccc2c(sc3ccccc32)c1N1c2ccc(-c3ccccc3)cc2B2c3ccc(-n4c5ccccc5c5ccccc54)cc3N(c3c(-c4ccccc4)cc(C(C)(C)C)cc3-c3ccccc3)c3cc(C(C)(C)C)cc1c32. The van der Waals surface area contributed by atoms with Crippen LogP contribution in [0, 0.1) is 0 Å². The molecule has 13 aromatic rings. The van der Waals surface area contributed by atoms with Crippen LogP contribution in [-0.2, 0) is 17.3 Å². The van der Waals surface area contributed by atoms with E-state index in [0.717, 1.165) is 24.9 Å². The first-order valence-corrected chi connectivity index (χ1v) is 30.6. The van der Waals surface area contributed by atoms with E-state index in [1.807, 2.05) is 11.3 Å². The lowest BCUT2D eigenvalue weighted by molar-refractivity contribution is 0.590. The maximum atomic E-state index is 2.74. The van der Waals surface area contributed by atoms with Gasteiger partial charge in [0, 0.05) is 65.8 Å². The maximum Gasteiger partial charge on any atom is 0.252 e. The number of para-hydroxylation sites is 2. The molecule has 402 valence electrons. The smallest absolute Gasteiger partial charge is 0.252 e. The summed E-state index contributed by atoms with van der Waals surface area (Å²) in [4.78, 5) is 5.47. The van der Waals surface area contributed by atoms with Crippen LogP contribution in [0.15, 0.2) is 237 Å². The van der Waals surface area contributed by atoms with Crippen LogP contribution in [0.5, 0.6) is 0 Å². The van der Waals surface area contributed by atoms with Crippen molar-refractivity contribution in [2.45, 2.75) is 78.6 Å². The molecule has 0 unspecified atom stereocenters. The van der Waals surface area contributed by atoms with Gasteiger partial charge < -0.3 is 14.4 Å². The number of nitrogens with zero attached hydrogens (tertiary/aromatic N) is 3. The summed E-state index contributed by atoms with van der Waals surface area (Å²) in [5.74, 6) is 0. The summed E-state index contributed by atoms with van der Waals surface area (Å²) in [6.45, 7) is 16.5. The molecule has 0 spiro atoms. The molecule has 5 heteroatoms. The number of aryl methyl sites for hydroxylation is 1. The first kappa shape index (κ1) is 51.0. The highest BCUT2D eigenvalue weighted by Crippen LogP contribution is 2.54. The first-order chi connectivity index (χ1) is 40.4. The van der Waals surface area contributed by atoms with Crippen molar-refractivity contribution in [3.05, 3.63) is 253 Å². The number of unbranched alkanes of at least 4 members (excludes halogenated alkanes) is 1. The molecule has 4 heterocycles. The minimum Gasteiger partial charge on any atom is -0.310 e. The summed E-state index contributed by atoms with van der Waals surface area (Å²) in [7, 11) is 0. The Bertz CT molecular complexity index is 4580. The Morgan fingerprint density at radius 3 is 1.55 bits per heavy atom. The van der Waals surface area contributed by atoms with Gasteiger partial charge in [0.25, 0.3) is 6.71 Å². The molecule has 0 fully saturated rings. The van der Waals surface area contributed by atoms with Crippen LogP contribution >= 0.6 is 11.3 Å². The largest absolute Gasteiger partial charge is 0.310 e. The quantitative estimate of drug-likeness (QED) is 0.133. The second-order valence-corrected chi connectivity index (χ2v) is 26.1. The minimum absolute atomic E-state index is 0.128. The molecule has 0 aliphatic carbocycles. The molecule has 0 atom stereocenters. The molecule has 2 aliphatic heterocycles. The molecule has 15 rings (SSSR count). The lowest BCUT2D eigenvalue weighted by atomic mass is 9.33. The number of benzene rings is 11. The third kappa shape index (κ3) is 8.29. The Morgan fingerprint density at radius 1 is 0.410 bits per heavy atom. The summed E-state index contributed by atoms with van der Waals surface area (Å²) in [5, 5.41) is 5.13. The molecule has 2 aromatic heterocycles. The molecule has 0 saturated heterocycles. The Balaban J connectivity index is 1.14. The predicted molar refractivity (Wildman–Crippen MR) is 360 cm³/mol. The monoisotopic (exact) mass is 1090 g/mol. The number of aromatic nitrogens is 1. The van der Waals surface area contributed by atoms with Crippen molar-refractivity contribution in [1.82, 2.24) is 4.57 Å². The van der Waals surface area contributed by atoms with E-state index in [0.29, 0.717) is 0 Å². The Morgan fingerprint density at radius 2 is 0.952 bits per heavy atom. The fourth-order valence-corrected chi connectivity index (χ4v) is 14.9. The molecule has 0 saturated carbocycles. The molecule has 0 radical (unpaired) electrons. The van der Waals surface area contributed by atoms with E-state index >= 15 is 0 Å². The van der Waals surface area contributed by atoms with Crippen LogP contribution in [0.1, 0.15) is 78.0 Å². The lowest BCUT2D eigenvalue weighted by Gasteiger charge is -2.46. The molecule has 0 amide bonds. The zero-order valence-electron chi connectivity index (χ0n) is 48.5. The highest BCUT2D eigenvalue weighted by atomic mass is 32.1. The topological polar surface area (TPSA) is 11.4 Å². The van der Waals surface area contributed by atoms with E-state index in [-0.39, 0.29) is 17.5 Å². The summed E-state index contributed by atoms with van der Waals surface area (Å²) in [6.07, 6.45) is 3.20. The Hall–Kier alpha value is -8.90. The molecule has 0 bridgehead atoms. The van der Waals surface area contributed by atoms with Gasteiger partial charge in [-0.2, -0.15) is 0 Å². The van der Waals surface area contributed by atoms with Gasteiger partial charge in [-0.3, -0.25) is 0 Å². The second-order valence-electron chi connectivity index (χ2n) is 25.1. The van der Waals surface area contributed by atoms with Gasteiger partial charge in [0.1, 0.15) is 0 Å². The van der Waals surface area contributed by atoms with Gasteiger partial charge in [0.15, 0.2) is 0 Å². The number of fused-ring (bicyclic) bond motifs is 10. The Labute approximate surface area is 492 Å². The molecule has 3 nitrogen and oxygen atoms in total. The van der Waals surface area contributed by atoms with Crippen LogP contribution in [0.4, 0.5) is 34.1 Å². The van der Waals surface area contributed by atoms with Crippen molar-refractivity contribution in [1.29, 1.82) is 0 Å².